The summed E-state index contributed by atoms with van der Waals surface area (Å²) in [5.41, 5.74) is 0.410. The molecule has 2 nitrogen and oxygen atoms in total. The average molecular weight is 150 g/mol. The molecule has 2 rings (SSSR count). The molecule has 2 aliphatic heterocycles. The van der Waals surface area contributed by atoms with Crippen LogP contribution in [-0.4, -0.2) is 24.5 Å². The van der Waals surface area contributed by atoms with Gasteiger partial charge in [-0.2, -0.15) is 5.26 Å². The molecule has 0 aromatic carbocycles. The highest BCUT2D eigenvalue weighted by molar-refractivity contribution is 4.98. The van der Waals surface area contributed by atoms with E-state index in [1.165, 1.54) is 38.9 Å². The van der Waals surface area contributed by atoms with E-state index in [1.54, 1.807) is 0 Å². The summed E-state index contributed by atoms with van der Waals surface area (Å²) in [5.74, 6) is 0. The van der Waals surface area contributed by atoms with E-state index < -0.39 is 0 Å². The molecule has 2 saturated heterocycles. The van der Waals surface area contributed by atoms with Gasteiger partial charge in [0.25, 0.3) is 0 Å². The molecule has 0 aromatic heterocycles. The first-order valence-electron chi connectivity index (χ1n) is 4.44. The third kappa shape index (κ3) is 1.14. The lowest BCUT2D eigenvalue weighted by Gasteiger charge is -2.31. The molecule has 2 bridgehead atoms. The van der Waals surface area contributed by atoms with Crippen molar-refractivity contribution in [3.63, 3.8) is 0 Å². The van der Waals surface area contributed by atoms with E-state index in [9.17, 15) is 0 Å². The van der Waals surface area contributed by atoms with Crippen molar-refractivity contribution in [3.05, 3.63) is 0 Å². The molecule has 2 aliphatic rings. The van der Waals surface area contributed by atoms with Crippen molar-refractivity contribution >= 4 is 0 Å². The van der Waals surface area contributed by atoms with Crippen LogP contribution in [0.5, 0.6) is 0 Å². The fourth-order valence-corrected chi connectivity index (χ4v) is 2.50. The minimum absolute atomic E-state index is 0.410. The van der Waals surface area contributed by atoms with Gasteiger partial charge in [-0.1, -0.05) is 0 Å². The molecule has 0 spiro atoms. The molecule has 0 amide bonds. The van der Waals surface area contributed by atoms with Gasteiger partial charge >= 0.3 is 0 Å². The number of fused-ring (bicyclic) bond motifs is 2. The SMILES string of the molecule is N#CC[C@@]12CCCN(CC1)C2. The van der Waals surface area contributed by atoms with Crippen LogP contribution in [-0.2, 0) is 0 Å². The highest BCUT2D eigenvalue weighted by atomic mass is 15.2. The van der Waals surface area contributed by atoms with Crippen molar-refractivity contribution in [1.29, 1.82) is 5.26 Å². The summed E-state index contributed by atoms with van der Waals surface area (Å²) in [6.45, 7) is 3.70. The van der Waals surface area contributed by atoms with Crippen LogP contribution in [0.2, 0.25) is 0 Å². The van der Waals surface area contributed by atoms with Gasteiger partial charge in [-0.15, -0.1) is 0 Å². The summed E-state index contributed by atoms with van der Waals surface area (Å²) in [5, 5.41) is 8.66. The zero-order chi connectivity index (χ0) is 7.73. The van der Waals surface area contributed by atoms with E-state index in [1.807, 2.05) is 0 Å². The van der Waals surface area contributed by atoms with Gasteiger partial charge in [-0.05, 0) is 37.8 Å². The van der Waals surface area contributed by atoms with Crippen LogP contribution in [0.25, 0.3) is 0 Å². The Hall–Kier alpha value is -0.550. The molecule has 0 saturated carbocycles. The molecule has 60 valence electrons. The number of hydrogen-bond acceptors (Lipinski definition) is 2. The van der Waals surface area contributed by atoms with Gasteiger partial charge in [0.15, 0.2) is 0 Å². The van der Waals surface area contributed by atoms with Crippen molar-refractivity contribution in [2.75, 3.05) is 19.6 Å². The van der Waals surface area contributed by atoms with Gasteiger partial charge in [0.2, 0.25) is 0 Å². The van der Waals surface area contributed by atoms with Gasteiger partial charge in [0.1, 0.15) is 0 Å². The average Bonchev–Trinajstić information content (AvgIpc) is 2.28. The van der Waals surface area contributed by atoms with Crippen LogP contribution >= 0.6 is 0 Å². The van der Waals surface area contributed by atoms with Crippen LogP contribution in [0.1, 0.15) is 25.7 Å². The maximum absolute atomic E-state index is 8.66. The van der Waals surface area contributed by atoms with Gasteiger partial charge in [-0.25, -0.2) is 0 Å². The van der Waals surface area contributed by atoms with Crippen molar-refractivity contribution in [1.82, 2.24) is 4.90 Å². The fraction of sp³-hybridized carbons (Fsp3) is 0.889. The number of hydrogen-bond donors (Lipinski definition) is 0. The third-order valence-corrected chi connectivity index (χ3v) is 3.15. The molecule has 0 radical (unpaired) electrons. The second kappa shape index (κ2) is 2.49. The zero-order valence-electron chi connectivity index (χ0n) is 6.84. The van der Waals surface area contributed by atoms with E-state index in [0.717, 1.165) is 6.42 Å². The normalized spacial score (nSPS) is 41.9. The van der Waals surface area contributed by atoms with Crippen LogP contribution in [0.3, 0.4) is 0 Å². The van der Waals surface area contributed by atoms with E-state index in [4.69, 9.17) is 5.26 Å². The van der Waals surface area contributed by atoms with Gasteiger partial charge < -0.3 is 4.90 Å². The topological polar surface area (TPSA) is 27.0 Å². The zero-order valence-corrected chi connectivity index (χ0v) is 6.84. The van der Waals surface area contributed by atoms with Crippen LogP contribution < -0.4 is 0 Å². The Kier molecular flexibility index (Phi) is 1.61. The largest absolute Gasteiger partial charge is 0.303 e. The van der Waals surface area contributed by atoms with Crippen molar-refractivity contribution in [2.24, 2.45) is 5.41 Å². The van der Waals surface area contributed by atoms with E-state index in [0.29, 0.717) is 5.41 Å². The van der Waals surface area contributed by atoms with E-state index in [2.05, 4.69) is 11.0 Å². The summed E-state index contributed by atoms with van der Waals surface area (Å²) in [4.78, 5) is 2.50. The van der Waals surface area contributed by atoms with Crippen molar-refractivity contribution in [3.8, 4) is 6.07 Å². The lowest BCUT2D eigenvalue weighted by molar-refractivity contribution is 0.186. The molecular weight excluding hydrogens is 136 g/mol. The minimum Gasteiger partial charge on any atom is -0.303 e. The van der Waals surface area contributed by atoms with Crippen molar-refractivity contribution in [2.45, 2.75) is 25.7 Å². The Morgan fingerprint density at radius 3 is 3.09 bits per heavy atom. The third-order valence-electron chi connectivity index (χ3n) is 3.15. The van der Waals surface area contributed by atoms with Gasteiger partial charge in [0.05, 0.1) is 6.07 Å². The van der Waals surface area contributed by atoms with Crippen LogP contribution in [0, 0.1) is 16.7 Å². The van der Waals surface area contributed by atoms with Crippen molar-refractivity contribution < 1.29 is 0 Å². The molecule has 11 heavy (non-hydrogen) atoms. The van der Waals surface area contributed by atoms with Gasteiger partial charge in [0, 0.05) is 13.0 Å². The van der Waals surface area contributed by atoms with Crippen LogP contribution in [0.15, 0.2) is 0 Å². The summed E-state index contributed by atoms with van der Waals surface area (Å²) in [6, 6.07) is 2.33. The molecule has 0 N–H and O–H groups in total. The smallest absolute Gasteiger partial charge is 0.0628 e. The molecular formula is C9H14N2. The fourth-order valence-electron chi connectivity index (χ4n) is 2.50. The standard InChI is InChI=1S/C9H14N2/c10-5-3-9-2-1-6-11(8-9)7-4-9/h1-4,6-8H2/t9-/m0/s1. The minimum atomic E-state index is 0.410. The molecule has 2 fully saturated rings. The lowest BCUT2D eigenvalue weighted by Crippen LogP contribution is -2.33. The highest BCUT2D eigenvalue weighted by Crippen LogP contribution is 2.41. The molecule has 2 heteroatoms. The number of nitrogens with zero attached hydrogens (tertiary/aromatic N) is 2. The Morgan fingerprint density at radius 2 is 2.27 bits per heavy atom. The maximum Gasteiger partial charge on any atom is 0.0628 e. The molecule has 0 aliphatic carbocycles. The monoisotopic (exact) mass is 150 g/mol. The lowest BCUT2D eigenvalue weighted by atomic mass is 9.79. The van der Waals surface area contributed by atoms with Crippen LogP contribution in [0.4, 0.5) is 0 Å². The quantitative estimate of drug-likeness (QED) is 0.564. The molecule has 2 heterocycles. The predicted molar refractivity (Wildman–Crippen MR) is 43.0 cm³/mol. The Morgan fingerprint density at radius 1 is 1.36 bits per heavy atom. The maximum atomic E-state index is 8.66. The molecule has 2 atom stereocenters. The van der Waals surface area contributed by atoms with Gasteiger partial charge in [-0.3, -0.25) is 0 Å². The highest BCUT2D eigenvalue weighted by Gasteiger charge is 2.40. The molecule has 1 unspecified atom stereocenters. The summed E-state index contributed by atoms with van der Waals surface area (Å²) < 4.78 is 0. The number of rotatable bonds is 1. The first kappa shape index (κ1) is 7.12. The van der Waals surface area contributed by atoms with E-state index in [-0.39, 0.29) is 0 Å². The Balaban J connectivity index is 2.08. The summed E-state index contributed by atoms with van der Waals surface area (Å²) in [7, 11) is 0. The predicted octanol–water partition coefficient (Wildman–Crippen LogP) is 1.39. The second-order valence-corrected chi connectivity index (χ2v) is 3.96. The number of nitriles is 1. The Bertz CT molecular complexity index is 190. The number of piperidine rings is 1. The first-order chi connectivity index (χ1) is 5.35. The molecule has 0 aromatic rings. The summed E-state index contributed by atoms with van der Waals surface area (Å²) >= 11 is 0. The second-order valence-electron chi connectivity index (χ2n) is 3.96. The Labute approximate surface area is 67.8 Å². The first-order valence-corrected chi connectivity index (χ1v) is 4.44. The summed E-state index contributed by atoms with van der Waals surface area (Å²) in [6.07, 6.45) is 4.64. The van der Waals surface area contributed by atoms with E-state index >= 15 is 0 Å².